The highest BCUT2D eigenvalue weighted by Crippen LogP contribution is 2.26. The topological polar surface area (TPSA) is 34.1 Å². The first kappa shape index (κ1) is 7.52. The van der Waals surface area contributed by atoms with Crippen LogP contribution in [0.3, 0.4) is 0 Å². The summed E-state index contributed by atoms with van der Waals surface area (Å²) in [5.41, 5.74) is 3.57. The quantitative estimate of drug-likeness (QED) is 0.716. The highest BCUT2D eigenvalue weighted by Gasteiger charge is 2.01. The number of rotatable bonds is 2. The first-order valence-corrected chi connectivity index (χ1v) is 4.41. The van der Waals surface area contributed by atoms with Crippen LogP contribution in [0.1, 0.15) is 0 Å². The Hall–Kier alpha value is -1.13. The van der Waals surface area contributed by atoms with Crippen molar-refractivity contribution in [2.45, 2.75) is 0 Å². The number of hydrogen-bond donors (Lipinski definition) is 1. The molecule has 0 amide bonds. The van der Waals surface area contributed by atoms with Gasteiger partial charge in [-0.1, -0.05) is 23.5 Å². The van der Waals surface area contributed by atoms with E-state index in [1.807, 2.05) is 24.3 Å². The van der Waals surface area contributed by atoms with Gasteiger partial charge < -0.3 is 4.84 Å². The lowest BCUT2D eigenvalue weighted by Gasteiger charge is -1.92. The van der Waals surface area contributed by atoms with E-state index in [2.05, 4.69) is 10.5 Å². The number of aromatic nitrogens is 1. The molecule has 1 heterocycles. The molecule has 0 atom stereocenters. The van der Waals surface area contributed by atoms with Crippen molar-refractivity contribution in [2.75, 3.05) is 7.05 Å². The third kappa shape index (κ3) is 1.26. The average molecular weight is 180 g/mol. The fourth-order valence-electron chi connectivity index (χ4n) is 0.982. The van der Waals surface area contributed by atoms with E-state index in [0.717, 1.165) is 10.2 Å². The van der Waals surface area contributed by atoms with Crippen molar-refractivity contribution in [1.82, 2.24) is 10.5 Å². The predicted molar refractivity (Wildman–Crippen MR) is 49.3 cm³/mol. The Morgan fingerprint density at radius 2 is 2.25 bits per heavy atom. The average Bonchev–Trinajstić information content (AvgIpc) is 2.47. The SMILES string of the molecule is CNOc1nc2ccccc2s1. The molecule has 0 aliphatic heterocycles. The summed E-state index contributed by atoms with van der Waals surface area (Å²) in [6, 6.07) is 7.94. The maximum atomic E-state index is 5.05. The molecule has 0 saturated heterocycles. The zero-order valence-corrected chi connectivity index (χ0v) is 7.39. The summed E-state index contributed by atoms with van der Waals surface area (Å²) in [7, 11) is 1.71. The second-order valence-corrected chi connectivity index (χ2v) is 3.25. The highest BCUT2D eigenvalue weighted by atomic mass is 32.1. The molecule has 0 aliphatic carbocycles. The van der Waals surface area contributed by atoms with Gasteiger partial charge in [0, 0.05) is 7.05 Å². The van der Waals surface area contributed by atoms with Crippen LogP contribution in [-0.2, 0) is 0 Å². The number of thiazole rings is 1. The van der Waals surface area contributed by atoms with Crippen molar-refractivity contribution in [2.24, 2.45) is 0 Å². The molecule has 0 saturated carbocycles. The number of nitrogens with one attached hydrogen (secondary N) is 1. The van der Waals surface area contributed by atoms with Crippen molar-refractivity contribution in [1.29, 1.82) is 0 Å². The van der Waals surface area contributed by atoms with E-state index in [9.17, 15) is 0 Å². The first-order chi connectivity index (χ1) is 5.90. The van der Waals surface area contributed by atoms with E-state index in [1.165, 1.54) is 11.3 Å². The molecule has 0 unspecified atom stereocenters. The van der Waals surface area contributed by atoms with E-state index in [-0.39, 0.29) is 0 Å². The summed E-state index contributed by atoms with van der Waals surface area (Å²) >= 11 is 1.53. The van der Waals surface area contributed by atoms with E-state index < -0.39 is 0 Å². The Balaban J connectivity index is 2.47. The third-order valence-electron chi connectivity index (χ3n) is 1.46. The Morgan fingerprint density at radius 3 is 3.00 bits per heavy atom. The summed E-state index contributed by atoms with van der Waals surface area (Å²) in [4.78, 5) is 9.28. The molecular formula is C8H8N2OS. The van der Waals surface area contributed by atoms with Gasteiger partial charge in [0.15, 0.2) is 0 Å². The fourth-order valence-corrected chi connectivity index (χ4v) is 1.80. The lowest BCUT2D eigenvalue weighted by molar-refractivity contribution is 0.223. The molecule has 12 heavy (non-hydrogen) atoms. The molecule has 2 rings (SSSR count). The van der Waals surface area contributed by atoms with Gasteiger partial charge in [-0.3, -0.25) is 0 Å². The van der Waals surface area contributed by atoms with Gasteiger partial charge in [0.05, 0.1) is 10.2 Å². The highest BCUT2D eigenvalue weighted by molar-refractivity contribution is 7.20. The lowest BCUT2D eigenvalue weighted by Crippen LogP contribution is -2.10. The maximum absolute atomic E-state index is 5.05. The smallest absolute Gasteiger partial charge is 0.295 e. The van der Waals surface area contributed by atoms with Crippen LogP contribution in [0.2, 0.25) is 0 Å². The standard InChI is InChI=1S/C8H8N2OS/c1-9-11-8-10-6-4-2-3-5-7(6)12-8/h2-5,9H,1H3. The second-order valence-electron chi connectivity index (χ2n) is 2.25. The number of para-hydroxylation sites is 1. The van der Waals surface area contributed by atoms with Crippen molar-refractivity contribution >= 4 is 21.6 Å². The van der Waals surface area contributed by atoms with Crippen molar-refractivity contribution in [3.05, 3.63) is 24.3 Å². The second kappa shape index (κ2) is 3.08. The Morgan fingerprint density at radius 1 is 1.42 bits per heavy atom. The maximum Gasteiger partial charge on any atom is 0.295 e. The number of benzene rings is 1. The van der Waals surface area contributed by atoms with Gasteiger partial charge in [-0.25, -0.2) is 4.98 Å². The molecule has 0 aliphatic rings. The van der Waals surface area contributed by atoms with Crippen molar-refractivity contribution < 1.29 is 4.84 Å². The monoisotopic (exact) mass is 180 g/mol. The predicted octanol–water partition coefficient (Wildman–Crippen LogP) is 1.81. The largest absolute Gasteiger partial charge is 0.377 e. The molecule has 0 bridgehead atoms. The molecule has 1 aromatic heterocycles. The van der Waals surface area contributed by atoms with E-state index >= 15 is 0 Å². The fraction of sp³-hybridized carbons (Fsp3) is 0.125. The summed E-state index contributed by atoms with van der Waals surface area (Å²) in [6.45, 7) is 0. The Kier molecular flexibility index (Phi) is 1.93. The van der Waals surface area contributed by atoms with Crippen LogP contribution in [0.4, 0.5) is 0 Å². The molecule has 2 aromatic rings. The zero-order chi connectivity index (χ0) is 8.39. The summed E-state index contributed by atoms with van der Waals surface area (Å²) < 4.78 is 1.14. The van der Waals surface area contributed by atoms with Crippen molar-refractivity contribution in [3.63, 3.8) is 0 Å². The van der Waals surface area contributed by atoms with E-state index in [0.29, 0.717) is 5.19 Å². The van der Waals surface area contributed by atoms with Crippen LogP contribution in [0.25, 0.3) is 10.2 Å². The van der Waals surface area contributed by atoms with Crippen LogP contribution >= 0.6 is 11.3 Å². The van der Waals surface area contributed by atoms with Gasteiger partial charge in [0.2, 0.25) is 0 Å². The minimum atomic E-state index is 0.652. The third-order valence-corrected chi connectivity index (χ3v) is 2.38. The van der Waals surface area contributed by atoms with Gasteiger partial charge in [-0.15, -0.1) is 0 Å². The number of hydroxylamine groups is 1. The van der Waals surface area contributed by atoms with Crippen LogP contribution in [0, 0.1) is 0 Å². The molecule has 0 radical (unpaired) electrons. The first-order valence-electron chi connectivity index (χ1n) is 3.59. The normalized spacial score (nSPS) is 10.4. The lowest BCUT2D eigenvalue weighted by atomic mass is 10.3. The number of hydrogen-bond acceptors (Lipinski definition) is 4. The number of fused-ring (bicyclic) bond motifs is 1. The molecule has 4 heteroatoms. The number of nitrogens with zero attached hydrogens (tertiary/aromatic N) is 1. The molecule has 3 nitrogen and oxygen atoms in total. The molecule has 0 spiro atoms. The van der Waals surface area contributed by atoms with Crippen LogP contribution in [-0.4, -0.2) is 12.0 Å². The molecule has 0 fully saturated rings. The Labute approximate surface area is 74.0 Å². The van der Waals surface area contributed by atoms with Gasteiger partial charge in [-0.2, -0.15) is 5.48 Å². The molecule has 62 valence electrons. The van der Waals surface area contributed by atoms with Crippen LogP contribution in [0.5, 0.6) is 5.19 Å². The van der Waals surface area contributed by atoms with E-state index in [1.54, 1.807) is 7.05 Å². The molecular weight excluding hydrogens is 172 g/mol. The minimum absolute atomic E-state index is 0.652. The van der Waals surface area contributed by atoms with Gasteiger partial charge in [-0.05, 0) is 12.1 Å². The van der Waals surface area contributed by atoms with Gasteiger partial charge >= 0.3 is 0 Å². The van der Waals surface area contributed by atoms with E-state index in [4.69, 9.17) is 4.84 Å². The molecule has 1 aromatic carbocycles. The van der Waals surface area contributed by atoms with Crippen LogP contribution in [0.15, 0.2) is 24.3 Å². The summed E-state index contributed by atoms with van der Waals surface area (Å²) in [6.07, 6.45) is 0. The summed E-state index contributed by atoms with van der Waals surface area (Å²) in [5, 5.41) is 0.652. The van der Waals surface area contributed by atoms with Gasteiger partial charge in [0.1, 0.15) is 0 Å². The van der Waals surface area contributed by atoms with Crippen LogP contribution < -0.4 is 10.3 Å². The minimum Gasteiger partial charge on any atom is -0.377 e. The van der Waals surface area contributed by atoms with Gasteiger partial charge in [0.25, 0.3) is 5.19 Å². The summed E-state index contributed by atoms with van der Waals surface area (Å²) in [5.74, 6) is 0. The molecule has 1 N–H and O–H groups in total. The zero-order valence-electron chi connectivity index (χ0n) is 6.57. The van der Waals surface area contributed by atoms with Crippen molar-refractivity contribution in [3.8, 4) is 5.19 Å². The Bertz CT molecular complexity index is 352.